The topological polar surface area (TPSA) is 96.7 Å². The molecule has 116 valence electrons. The fourth-order valence-electron chi connectivity index (χ4n) is 2.29. The van der Waals surface area contributed by atoms with Crippen LogP contribution in [0, 0.1) is 0 Å². The van der Waals surface area contributed by atoms with Crippen LogP contribution < -0.4 is 5.32 Å². The number of aromatic nitrogens is 2. The number of likely N-dealkylation sites (tertiary alicyclic amines) is 1. The molecule has 2 heterocycles. The van der Waals surface area contributed by atoms with E-state index in [9.17, 15) is 9.59 Å². The monoisotopic (exact) mass is 296 g/mol. The molecule has 0 unspecified atom stereocenters. The van der Waals surface area contributed by atoms with E-state index in [-0.39, 0.29) is 12.6 Å². The standard InChI is InChI=1S/C13H20N4O4/c1-13(21-7-11(18)19)8-17(9-13)12(20)14-5-3-10-4-6-15-16(10)2/h4,6H,3,5,7-9H2,1-2H3,(H,14,20)(H,18,19). The average molecular weight is 296 g/mol. The molecule has 0 aromatic carbocycles. The lowest BCUT2D eigenvalue weighted by molar-refractivity contribution is -0.159. The van der Waals surface area contributed by atoms with Gasteiger partial charge in [0.1, 0.15) is 12.2 Å². The van der Waals surface area contributed by atoms with Crippen molar-refractivity contribution in [1.82, 2.24) is 20.0 Å². The SMILES string of the molecule is Cn1nccc1CCNC(=O)N1CC(C)(OCC(=O)O)C1. The second kappa shape index (κ2) is 6.13. The van der Waals surface area contributed by atoms with Crippen molar-refractivity contribution < 1.29 is 19.4 Å². The van der Waals surface area contributed by atoms with Gasteiger partial charge in [-0.2, -0.15) is 5.10 Å². The molecule has 8 heteroatoms. The number of carbonyl (C=O) groups excluding carboxylic acids is 1. The summed E-state index contributed by atoms with van der Waals surface area (Å²) in [5.41, 5.74) is 0.492. The number of urea groups is 1. The van der Waals surface area contributed by atoms with Crippen LogP contribution in [0.15, 0.2) is 12.3 Å². The van der Waals surface area contributed by atoms with E-state index in [0.29, 0.717) is 26.1 Å². The zero-order chi connectivity index (χ0) is 15.5. The van der Waals surface area contributed by atoms with Gasteiger partial charge in [0, 0.05) is 31.9 Å². The van der Waals surface area contributed by atoms with Crippen LogP contribution in [0.4, 0.5) is 4.79 Å². The predicted molar refractivity (Wildman–Crippen MR) is 73.9 cm³/mol. The summed E-state index contributed by atoms with van der Waals surface area (Å²) in [6.07, 6.45) is 2.43. The van der Waals surface area contributed by atoms with Crippen molar-refractivity contribution in [2.75, 3.05) is 26.2 Å². The lowest BCUT2D eigenvalue weighted by Crippen LogP contribution is -2.65. The highest BCUT2D eigenvalue weighted by molar-refractivity contribution is 5.75. The summed E-state index contributed by atoms with van der Waals surface area (Å²) >= 11 is 0. The van der Waals surface area contributed by atoms with Gasteiger partial charge in [-0.3, -0.25) is 4.68 Å². The average Bonchev–Trinajstić information content (AvgIpc) is 2.79. The van der Waals surface area contributed by atoms with Crippen molar-refractivity contribution in [1.29, 1.82) is 0 Å². The van der Waals surface area contributed by atoms with Gasteiger partial charge in [-0.05, 0) is 13.0 Å². The van der Waals surface area contributed by atoms with Crippen LogP contribution in [0.3, 0.4) is 0 Å². The van der Waals surface area contributed by atoms with Crippen LogP contribution in [-0.2, 0) is 23.0 Å². The van der Waals surface area contributed by atoms with E-state index in [1.807, 2.05) is 13.1 Å². The number of hydrogen-bond acceptors (Lipinski definition) is 4. The van der Waals surface area contributed by atoms with Gasteiger partial charge in [-0.1, -0.05) is 0 Å². The third-order valence-electron chi connectivity index (χ3n) is 3.46. The van der Waals surface area contributed by atoms with Crippen molar-refractivity contribution in [3.8, 4) is 0 Å². The van der Waals surface area contributed by atoms with E-state index in [4.69, 9.17) is 9.84 Å². The molecule has 2 amide bonds. The Labute approximate surface area is 122 Å². The van der Waals surface area contributed by atoms with Gasteiger partial charge >= 0.3 is 12.0 Å². The first kappa shape index (κ1) is 15.3. The zero-order valence-corrected chi connectivity index (χ0v) is 12.2. The first-order valence-corrected chi connectivity index (χ1v) is 6.75. The van der Waals surface area contributed by atoms with Crippen LogP contribution in [0.1, 0.15) is 12.6 Å². The fraction of sp³-hybridized carbons (Fsp3) is 0.615. The number of aliphatic carboxylic acids is 1. The second-order valence-corrected chi connectivity index (χ2v) is 5.42. The van der Waals surface area contributed by atoms with Crippen molar-refractivity contribution in [2.45, 2.75) is 18.9 Å². The molecular formula is C13H20N4O4. The normalized spacial score (nSPS) is 16.4. The quantitative estimate of drug-likeness (QED) is 0.761. The summed E-state index contributed by atoms with van der Waals surface area (Å²) in [7, 11) is 1.86. The molecule has 2 N–H and O–H groups in total. The lowest BCUT2D eigenvalue weighted by Gasteiger charge is -2.46. The third kappa shape index (κ3) is 3.94. The number of hydrogen-bond donors (Lipinski definition) is 2. The van der Waals surface area contributed by atoms with Gasteiger partial charge in [0.25, 0.3) is 0 Å². The fourth-order valence-corrected chi connectivity index (χ4v) is 2.29. The molecule has 1 aliphatic rings. The van der Waals surface area contributed by atoms with Crippen LogP contribution >= 0.6 is 0 Å². The zero-order valence-electron chi connectivity index (χ0n) is 12.2. The largest absolute Gasteiger partial charge is 0.480 e. The van der Waals surface area contributed by atoms with Gasteiger partial charge in [0.05, 0.1) is 13.1 Å². The highest BCUT2D eigenvalue weighted by Crippen LogP contribution is 2.24. The Balaban J connectivity index is 1.67. The third-order valence-corrected chi connectivity index (χ3v) is 3.46. The summed E-state index contributed by atoms with van der Waals surface area (Å²) in [6.45, 7) is 2.79. The van der Waals surface area contributed by atoms with E-state index in [1.165, 1.54) is 0 Å². The Kier molecular flexibility index (Phi) is 4.46. The highest BCUT2D eigenvalue weighted by atomic mass is 16.5. The maximum Gasteiger partial charge on any atom is 0.329 e. The minimum Gasteiger partial charge on any atom is -0.480 e. The van der Waals surface area contributed by atoms with Crippen molar-refractivity contribution in [3.63, 3.8) is 0 Å². The molecule has 0 aliphatic carbocycles. The van der Waals surface area contributed by atoms with E-state index in [0.717, 1.165) is 5.69 Å². The smallest absolute Gasteiger partial charge is 0.329 e. The number of carbonyl (C=O) groups is 2. The molecule has 21 heavy (non-hydrogen) atoms. The molecule has 1 aliphatic heterocycles. The Hall–Kier alpha value is -2.09. The first-order chi connectivity index (χ1) is 9.89. The predicted octanol–water partition coefficient (Wildman–Crippen LogP) is -0.152. The van der Waals surface area contributed by atoms with Gasteiger partial charge in [0.15, 0.2) is 0 Å². The highest BCUT2D eigenvalue weighted by Gasteiger charge is 2.42. The number of ether oxygens (including phenoxy) is 1. The van der Waals surface area contributed by atoms with Crippen LogP contribution in [0.5, 0.6) is 0 Å². The molecule has 1 aromatic rings. The number of nitrogens with zero attached hydrogens (tertiary/aromatic N) is 3. The van der Waals surface area contributed by atoms with Crippen molar-refractivity contribution in [3.05, 3.63) is 18.0 Å². The Morgan fingerprint density at radius 2 is 2.24 bits per heavy atom. The molecule has 2 rings (SSSR count). The summed E-state index contributed by atoms with van der Waals surface area (Å²) in [5.74, 6) is -1.00. The minimum atomic E-state index is -1.00. The number of carboxylic acids is 1. The Morgan fingerprint density at radius 1 is 1.52 bits per heavy atom. The van der Waals surface area contributed by atoms with E-state index in [2.05, 4.69) is 10.4 Å². The Morgan fingerprint density at radius 3 is 2.81 bits per heavy atom. The molecule has 0 radical (unpaired) electrons. The molecule has 1 fully saturated rings. The summed E-state index contributed by atoms with van der Waals surface area (Å²) in [4.78, 5) is 23.9. The van der Waals surface area contributed by atoms with Gasteiger partial charge in [-0.25, -0.2) is 9.59 Å². The van der Waals surface area contributed by atoms with Gasteiger partial charge in [-0.15, -0.1) is 0 Å². The molecular weight excluding hydrogens is 276 g/mol. The van der Waals surface area contributed by atoms with Gasteiger partial charge < -0.3 is 20.1 Å². The molecule has 0 bridgehead atoms. The lowest BCUT2D eigenvalue weighted by atomic mass is 9.97. The van der Waals surface area contributed by atoms with Crippen LogP contribution in [0.25, 0.3) is 0 Å². The van der Waals surface area contributed by atoms with Gasteiger partial charge in [0.2, 0.25) is 0 Å². The first-order valence-electron chi connectivity index (χ1n) is 6.75. The molecule has 8 nitrogen and oxygen atoms in total. The number of aryl methyl sites for hydroxylation is 1. The molecule has 0 atom stereocenters. The molecule has 0 spiro atoms. The van der Waals surface area contributed by atoms with E-state index >= 15 is 0 Å². The van der Waals surface area contributed by atoms with Crippen LogP contribution in [0.2, 0.25) is 0 Å². The second-order valence-electron chi connectivity index (χ2n) is 5.42. The number of nitrogens with one attached hydrogen (secondary N) is 1. The maximum atomic E-state index is 11.9. The molecule has 1 aromatic heterocycles. The number of carboxylic acid groups (broad SMARTS) is 1. The minimum absolute atomic E-state index is 0.159. The molecule has 0 saturated carbocycles. The number of rotatable bonds is 6. The maximum absolute atomic E-state index is 11.9. The van der Waals surface area contributed by atoms with E-state index < -0.39 is 11.6 Å². The summed E-state index contributed by atoms with van der Waals surface area (Å²) < 4.78 is 7.02. The van der Waals surface area contributed by atoms with E-state index in [1.54, 1.807) is 22.7 Å². The summed E-state index contributed by atoms with van der Waals surface area (Å²) in [5, 5.41) is 15.5. The van der Waals surface area contributed by atoms with Crippen molar-refractivity contribution >= 4 is 12.0 Å². The number of amides is 2. The Bertz CT molecular complexity index is 522. The molecule has 1 saturated heterocycles. The van der Waals surface area contributed by atoms with Crippen molar-refractivity contribution in [2.24, 2.45) is 7.05 Å². The summed E-state index contributed by atoms with van der Waals surface area (Å²) in [6, 6.07) is 1.75. The van der Waals surface area contributed by atoms with Crippen LogP contribution in [-0.4, -0.2) is 63.6 Å².